The molecule has 3 rings (SSSR count). The molecule has 1 saturated heterocycles. The van der Waals surface area contributed by atoms with Crippen molar-refractivity contribution in [3.8, 4) is 5.75 Å². The zero-order valence-electron chi connectivity index (χ0n) is 14.9. The van der Waals surface area contributed by atoms with E-state index in [2.05, 4.69) is 5.32 Å². The second-order valence-electron chi connectivity index (χ2n) is 6.27. The van der Waals surface area contributed by atoms with Crippen molar-refractivity contribution >= 4 is 29.9 Å². The van der Waals surface area contributed by atoms with Crippen LogP contribution in [0.2, 0.25) is 5.02 Å². The highest BCUT2D eigenvalue weighted by atomic mass is 35.5. The van der Waals surface area contributed by atoms with Gasteiger partial charge in [-0.05, 0) is 36.2 Å². The first-order chi connectivity index (χ1) is 12.1. The number of carbonyl (C=O) groups excluding carboxylic acids is 1. The van der Waals surface area contributed by atoms with Crippen LogP contribution in [0.5, 0.6) is 5.75 Å². The SMILES string of the molecule is COc1cccc(C(C)C(=O)N2CCNCC2c2ccccc2Cl)c1.Cl. The average Bonchev–Trinajstić information content (AvgIpc) is 2.67. The van der Waals surface area contributed by atoms with Crippen molar-refractivity contribution < 1.29 is 9.53 Å². The van der Waals surface area contributed by atoms with Crippen LogP contribution in [0.4, 0.5) is 0 Å². The summed E-state index contributed by atoms with van der Waals surface area (Å²) in [5.74, 6) is 0.637. The van der Waals surface area contributed by atoms with Gasteiger partial charge in [-0.2, -0.15) is 0 Å². The summed E-state index contributed by atoms with van der Waals surface area (Å²) in [7, 11) is 1.63. The highest BCUT2D eigenvalue weighted by molar-refractivity contribution is 6.31. The quantitative estimate of drug-likeness (QED) is 0.850. The number of piperazine rings is 1. The number of nitrogens with one attached hydrogen (secondary N) is 1. The van der Waals surface area contributed by atoms with E-state index in [1.807, 2.05) is 60.4 Å². The molecule has 140 valence electrons. The molecule has 0 aromatic heterocycles. The number of carbonyl (C=O) groups is 1. The Kier molecular flexibility index (Phi) is 7.33. The van der Waals surface area contributed by atoms with Gasteiger partial charge in [0, 0.05) is 24.7 Å². The normalized spacial score (nSPS) is 18.0. The minimum absolute atomic E-state index is 0. The highest BCUT2D eigenvalue weighted by Gasteiger charge is 2.32. The number of hydrogen-bond acceptors (Lipinski definition) is 3. The van der Waals surface area contributed by atoms with Crippen LogP contribution in [0.25, 0.3) is 0 Å². The van der Waals surface area contributed by atoms with E-state index in [1.165, 1.54) is 0 Å². The van der Waals surface area contributed by atoms with Gasteiger partial charge in [0.2, 0.25) is 5.91 Å². The van der Waals surface area contributed by atoms with Gasteiger partial charge < -0.3 is 15.0 Å². The summed E-state index contributed by atoms with van der Waals surface area (Å²) in [6, 6.07) is 15.4. The molecule has 1 heterocycles. The smallest absolute Gasteiger partial charge is 0.230 e. The van der Waals surface area contributed by atoms with Crippen molar-refractivity contribution in [2.75, 3.05) is 26.7 Å². The molecule has 1 aliphatic rings. The number of rotatable bonds is 4. The largest absolute Gasteiger partial charge is 0.497 e. The third kappa shape index (κ3) is 4.32. The van der Waals surface area contributed by atoms with Crippen LogP contribution in [0.3, 0.4) is 0 Å². The maximum absolute atomic E-state index is 13.2. The van der Waals surface area contributed by atoms with Gasteiger partial charge in [-0.25, -0.2) is 0 Å². The fraction of sp³-hybridized carbons (Fsp3) is 0.350. The maximum Gasteiger partial charge on any atom is 0.230 e. The van der Waals surface area contributed by atoms with Gasteiger partial charge in [-0.1, -0.05) is 41.9 Å². The standard InChI is InChI=1S/C20H23ClN2O2.ClH/c1-14(15-6-5-7-16(12-15)25-2)20(24)23-11-10-22-13-19(23)17-8-3-4-9-18(17)21;/h3-9,12,14,19,22H,10-11,13H2,1-2H3;1H. The lowest BCUT2D eigenvalue weighted by molar-refractivity contribution is -0.135. The molecular weight excluding hydrogens is 371 g/mol. The molecule has 6 heteroatoms. The number of ether oxygens (including phenoxy) is 1. The second kappa shape index (κ2) is 9.26. The van der Waals surface area contributed by atoms with Crippen LogP contribution in [-0.4, -0.2) is 37.6 Å². The van der Waals surface area contributed by atoms with E-state index < -0.39 is 0 Å². The molecule has 0 aliphatic carbocycles. The molecule has 2 unspecified atom stereocenters. The summed E-state index contributed by atoms with van der Waals surface area (Å²) in [6.45, 7) is 4.11. The molecule has 26 heavy (non-hydrogen) atoms. The minimum atomic E-state index is -0.238. The highest BCUT2D eigenvalue weighted by Crippen LogP contribution is 2.31. The van der Waals surface area contributed by atoms with E-state index >= 15 is 0 Å². The topological polar surface area (TPSA) is 41.6 Å². The summed E-state index contributed by atoms with van der Waals surface area (Å²) in [5.41, 5.74) is 1.95. The Balaban J connectivity index is 0.00000243. The number of nitrogens with zero attached hydrogens (tertiary/aromatic N) is 1. The summed E-state index contributed by atoms with van der Waals surface area (Å²) in [5, 5.41) is 4.07. The Labute approximate surface area is 165 Å². The van der Waals surface area contributed by atoms with Crippen molar-refractivity contribution in [1.82, 2.24) is 10.2 Å². The molecule has 2 aromatic carbocycles. The van der Waals surface area contributed by atoms with Crippen molar-refractivity contribution in [1.29, 1.82) is 0 Å². The first-order valence-electron chi connectivity index (χ1n) is 8.51. The molecule has 1 N–H and O–H groups in total. The van der Waals surface area contributed by atoms with Crippen molar-refractivity contribution in [2.45, 2.75) is 18.9 Å². The predicted octanol–water partition coefficient (Wildman–Crippen LogP) is 4.05. The van der Waals surface area contributed by atoms with E-state index in [4.69, 9.17) is 16.3 Å². The number of methoxy groups -OCH3 is 1. The number of amides is 1. The van der Waals surface area contributed by atoms with Crippen LogP contribution in [0.15, 0.2) is 48.5 Å². The van der Waals surface area contributed by atoms with Gasteiger partial charge in [0.15, 0.2) is 0 Å². The zero-order valence-corrected chi connectivity index (χ0v) is 16.5. The molecule has 1 fully saturated rings. The van der Waals surface area contributed by atoms with Gasteiger partial charge >= 0.3 is 0 Å². The van der Waals surface area contributed by atoms with Crippen LogP contribution < -0.4 is 10.1 Å². The Morgan fingerprint density at radius 1 is 1.27 bits per heavy atom. The minimum Gasteiger partial charge on any atom is -0.497 e. The first kappa shape index (κ1) is 20.6. The molecular formula is C20H24Cl2N2O2. The lowest BCUT2D eigenvalue weighted by Crippen LogP contribution is -2.49. The van der Waals surface area contributed by atoms with Crippen LogP contribution in [0.1, 0.15) is 30.0 Å². The molecule has 1 aliphatic heterocycles. The molecule has 0 radical (unpaired) electrons. The first-order valence-corrected chi connectivity index (χ1v) is 8.89. The Morgan fingerprint density at radius 3 is 2.77 bits per heavy atom. The van der Waals surface area contributed by atoms with Gasteiger partial charge in [-0.3, -0.25) is 4.79 Å². The second-order valence-corrected chi connectivity index (χ2v) is 6.68. The van der Waals surface area contributed by atoms with Gasteiger partial charge in [0.1, 0.15) is 5.75 Å². The van der Waals surface area contributed by atoms with Crippen molar-refractivity contribution in [3.63, 3.8) is 0 Å². The predicted molar refractivity (Wildman–Crippen MR) is 107 cm³/mol. The maximum atomic E-state index is 13.2. The number of benzene rings is 2. The molecule has 2 aromatic rings. The number of hydrogen-bond donors (Lipinski definition) is 1. The molecule has 0 saturated carbocycles. The van der Waals surface area contributed by atoms with Crippen LogP contribution >= 0.6 is 24.0 Å². The third-order valence-corrected chi connectivity index (χ3v) is 5.10. The van der Waals surface area contributed by atoms with Gasteiger partial charge in [-0.15, -0.1) is 12.4 Å². The van der Waals surface area contributed by atoms with Crippen LogP contribution in [0, 0.1) is 0 Å². The molecule has 4 nitrogen and oxygen atoms in total. The Morgan fingerprint density at radius 2 is 2.04 bits per heavy atom. The third-order valence-electron chi connectivity index (χ3n) is 4.75. The lowest BCUT2D eigenvalue weighted by atomic mass is 9.96. The fourth-order valence-electron chi connectivity index (χ4n) is 3.29. The Bertz CT molecular complexity index is 754. The zero-order chi connectivity index (χ0) is 17.8. The number of halogens is 2. The van der Waals surface area contributed by atoms with Gasteiger partial charge in [0.05, 0.1) is 19.1 Å². The summed E-state index contributed by atoms with van der Waals surface area (Å²) < 4.78 is 5.28. The molecule has 0 bridgehead atoms. The summed E-state index contributed by atoms with van der Waals surface area (Å²) in [4.78, 5) is 15.2. The average molecular weight is 395 g/mol. The van der Waals surface area contributed by atoms with E-state index in [-0.39, 0.29) is 30.3 Å². The summed E-state index contributed by atoms with van der Waals surface area (Å²) >= 11 is 6.38. The van der Waals surface area contributed by atoms with E-state index in [0.717, 1.165) is 23.4 Å². The van der Waals surface area contributed by atoms with E-state index in [1.54, 1.807) is 7.11 Å². The van der Waals surface area contributed by atoms with E-state index in [9.17, 15) is 4.79 Å². The molecule has 0 spiro atoms. The fourth-order valence-corrected chi connectivity index (χ4v) is 3.56. The summed E-state index contributed by atoms with van der Waals surface area (Å²) in [6.07, 6.45) is 0. The van der Waals surface area contributed by atoms with E-state index in [0.29, 0.717) is 18.1 Å². The monoisotopic (exact) mass is 394 g/mol. The van der Waals surface area contributed by atoms with Crippen LogP contribution in [-0.2, 0) is 4.79 Å². The van der Waals surface area contributed by atoms with Gasteiger partial charge in [0.25, 0.3) is 0 Å². The molecule has 1 amide bonds. The Hall–Kier alpha value is -1.75. The lowest BCUT2D eigenvalue weighted by Gasteiger charge is -2.38. The van der Waals surface area contributed by atoms with Crippen molar-refractivity contribution in [2.24, 2.45) is 0 Å². The molecule has 2 atom stereocenters. The van der Waals surface area contributed by atoms with Crippen molar-refractivity contribution in [3.05, 3.63) is 64.7 Å².